The van der Waals surface area contributed by atoms with E-state index < -0.39 is 0 Å². The van der Waals surface area contributed by atoms with Crippen LogP contribution < -0.4 is 5.32 Å². The SMILES string of the molecule is c1ccc2cc(Nc3ccc(CN4CCCC4)cn3)ncc2c1. The second-order valence-electron chi connectivity index (χ2n) is 6.08. The Bertz CT molecular complexity index is 792. The van der Waals surface area contributed by atoms with Crippen LogP contribution in [0.25, 0.3) is 10.8 Å². The lowest BCUT2D eigenvalue weighted by molar-refractivity contribution is 0.331. The molecule has 0 atom stereocenters. The van der Waals surface area contributed by atoms with Crippen LogP contribution in [-0.2, 0) is 6.54 Å². The largest absolute Gasteiger partial charge is 0.325 e. The number of hydrogen-bond acceptors (Lipinski definition) is 4. The van der Waals surface area contributed by atoms with Crippen molar-refractivity contribution in [3.05, 3.63) is 60.4 Å². The molecule has 4 nitrogen and oxygen atoms in total. The normalized spacial score (nSPS) is 15.1. The summed E-state index contributed by atoms with van der Waals surface area (Å²) in [5.41, 5.74) is 1.27. The van der Waals surface area contributed by atoms with Crippen molar-refractivity contribution in [1.82, 2.24) is 14.9 Å². The molecule has 2 aromatic heterocycles. The molecule has 23 heavy (non-hydrogen) atoms. The van der Waals surface area contributed by atoms with E-state index in [2.05, 4.69) is 44.5 Å². The van der Waals surface area contributed by atoms with Crippen LogP contribution in [0.2, 0.25) is 0 Å². The molecule has 0 unspecified atom stereocenters. The maximum absolute atomic E-state index is 4.52. The van der Waals surface area contributed by atoms with Gasteiger partial charge in [-0.3, -0.25) is 4.90 Å². The highest BCUT2D eigenvalue weighted by Gasteiger charge is 2.11. The highest BCUT2D eigenvalue weighted by Crippen LogP contribution is 2.19. The van der Waals surface area contributed by atoms with Crippen molar-refractivity contribution in [2.75, 3.05) is 18.4 Å². The average Bonchev–Trinajstić information content (AvgIpc) is 3.10. The van der Waals surface area contributed by atoms with Crippen LogP contribution >= 0.6 is 0 Å². The number of fused-ring (bicyclic) bond motifs is 1. The Morgan fingerprint density at radius 1 is 0.870 bits per heavy atom. The average molecular weight is 304 g/mol. The zero-order valence-electron chi connectivity index (χ0n) is 13.1. The minimum atomic E-state index is 0.823. The zero-order chi connectivity index (χ0) is 15.5. The van der Waals surface area contributed by atoms with Gasteiger partial charge in [-0.1, -0.05) is 30.3 Å². The summed E-state index contributed by atoms with van der Waals surface area (Å²) in [5, 5.41) is 5.60. The molecule has 0 radical (unpaired) electrons. The van der Waals surface area contributed by atoms with Crippen LogP contribution in [0, 0.1) is 0 Å². The number of pyridine rings is 2. The van der Waals surface area contributed by atoms with Crippen LogP contribution in [0.5, 0.6) is 0 Å². The number of hydrogen-bond donors (Lipinski definition) is 1. The molecule has 3 heterocycles. The van der Waals surface area contributed by atoms with Crippen molar-refractivity contribution in [3.8, 4) is 0 Å². The summed E-state index contributed by atoms with van der Waals surface area (Å²) in [6.07, 6.45) is 6.49. The van der Waals surface area contributed by atoms with Gasteiger partial charge < -0.3 is 5.32 Å². The van der Waals surface area contributed by atoms with Crippen LogP contribution in [0.1, 0.15) is 18.4 Å². The molecule has 4 heteroatoms. The molecule has 3 aromatic rings. The molecule has 0 aliphatic carbocycles. The molecule has 1 aliphatic rings. The Balaban J connectivity index is 1.46. The first kappa shape index (κ1) is 14.2. The topological polar surface area (TPSA) is 41.0 Å². The van der Waals surface area contributed by atoms with E-state index in [4.69, 9.17) is 0 Å². The van der Waals surface area contributed by atoms with Gasteiger partial charge in [0.15, 0.2) is 0 Å². The summed E-state index contributed by atoms with van der Waals surface area (Å²) in [6, 6.07) is 14.5. The highest BCUT2D eigenvalue weighted by atomic mass is 15.1. The molecule has 4 rings (SSSR count). The van der Waals surface area contributed by atoms with E-state index in [1.54, 1.807) is 0 Å². The Labute approximate surface area is 136 Å². The van der Waals surface area contributed by atoms with Crippen molar-refractivity contribution in [2.45, 2.75) is 19.4 Å². The van der Waals surface area contributed by atoms with Crippen molar-refractivity contribution < 1.29 is 0 Å². The number of nitrogens with zero attached hydrogens (tertiary/aromatic N) is 3. The monoisotopic (exact) mass is 304 g/mol. The minimum Gasteiger partial charge on any atom is -0.325 e. The molecule has 0 amide bonds. The van der Waals surface area contributed by atoms with Gasteiger partial charge in [-0.15, -0.1) is 0 Å². The summed E-state index contributed by atoms with van der Waals surface area (Å²) in [4.78, 5) is 11.4. The van der Waals surface area contributed by atoms with Gasteiger partial charge in [0.2, 0.25) is 0 Å². The third-order valence-electron chi connectivity index (χ3n) is 4.32. The summed E-state index contributed by atoms with van der Waals surface area (Å²) >= 11 is 0. The molecule has 1 aliphatic heterocycles. The molecular formula is C19H20N4. The summed E-state index contributed by atoms with van der Waals surface area (Å²) in [7, 11) is 0. The predicted octanol–water partition coefficient (Wildman–Crippen LogP) is 3.97. The van der Waals surface area contributed by atoms with E-state index in [0.717, 1.165) is 23.6 Å². The number of anilines is 2. The third-order valence-corrected chi connectivity index (χ3v) is 4.32. The number of rotatable bonds is 4. The Hall–Kier alpha value is -2.46. The number of nitrogens with one attached hydrogen (secondary N) is 1. The molecule has 0 spiro atoms. The molecule has 1 aromatic carbocycles. The van der Waals surface area contributed by atoms with E-state index in [1.807, 2.05) is 30.6 Å². The Morgan fingerprint density at radius 3 is 2.43 bits per heavy atom. The van der Waals surface area contributed by atoms with Gasteiger partial charge in [-0.25, -0.2) is 9.97 Å². The summed E-state index contributed by atoms with van der Waals surface area (Å²) < 4.78 is 0. The predicted molar refractivity (Wildman–Crippen MR) is 93.8 cm³/mol. The first-order valence-corrected chi connectivity index (χ1v) is 8.16. The second kappa shape index (κ2) is 6.34. The summed E-state index contributed by atoms with van der Waals surface area (Å²) in [6.45, 7) is 3.42. The van der Waals surface area contributed by atoms with E-state index in [1.165, 1.54) is 36.9 Å². The molecule has 0 bridgehead atoms. The quantitative estimate of drug-likeness (QED) is 0.792. The van der Waals surface area contributed by atoms with E-state index in [0.29, 0.717) is 0 Å². The fourth-order valence-electron chi connectivity index (χ4n) is 3.07. The fraction of sp³-hybridized carbons (Fsp3) is 0.263. The first-order chi connectivity index (χ1) is 11.4. The Kier molecular flexibility index (Phi) is 3.90. The van der Waals surface area contributed by atoms with Crippen LogP contribution in [-0.4, -0.2) is 28.0 Å². The van der Waals surface area contributed by atoms with Gasteiger partial charge in [0.25, 0.3) is 0 Å². The fourth-order valence-corrected chi connectivity index (χ4v) is 3.07. The van der Waals surface area contributed by atoms with Gasteiger partial charge in [-0.2, -0.15) is 0 Å². The van der Waals surface area contributed by atoms with Crippen LogP contribution in [0.4, 0.5) is 11.6 Å². The van der Waals surface area contributed by atoms with E-state index in [-0.39, 0.29) is 0 Å². The molecule has 0 saturated carbocycles. The van der Waals surface area contributed by atoms with Gasteiger partial charge in [-0.05, 0) is 49.0 Å². The smallest absolute Gasteiger partial charge is 0.132 e. The standard InChI is InChI=1S/C19H20N4/c1-2-6-17-13-21-19(11-16(17)5-1)22-18-8-7-15(12-20-18)14-23-9-3-4-10-23/h1-2,5-8,11-13H,3-4,9-10,14H2,(H,20,21,22). The maximum atomic E-state index is 4.52. The summed E-state index contributed by atoms with van der Waals surface area (Å²) in [5.74, 6) is 1.65. The minimum absolute atomic E-state index is 0.823. The number of benzene rings is 1. The van der Waals surface area contributed by atoms with E-state index in [9.17, 15) is 0 Å². The Morgan fingerprint density at radius 2 is 1.65 bits per heavy atom. The van der Waals surface area contributed by atoms with Crippen LogP contribution in [0.3, 0.4) is 0 Å². The highest BCUT2D eigenvalue weighted by molar-refractivity contribution is 5.84. The molecule has 116 valence electrons. The lowest BCUT2D eigenvalue weighted by Gasteiger charge is -2.14. The number of aromatic nitrogens is 2. The van der Waals surface area contributed by atoms with Gasteiger partial charge >= 0.3 is 0 Å². The second-order valence-corrected chi connectivity index (χ2v) is 6.08. The zero-order valence-corrected chi connectivity index (χ0v) is 13.1. The van der Waals surface area contributed by atoms with Gasteiger partial charge in [0.05, 0.1) is 0 Å². The van der Waals surface area contributed by atoms with Gasteiger partial charge in [0.1, 0.15) is 11.6 Å². The molecule has 1 fully saturated rings. The van der Waals surface area contributed by atoms with Crippen molar-refractivity contribution in [2.24, 2.45) is 0 Å². The van der Waals surface area contributed by atoms with Crippen molar-refractivity contribution in [3.63, 3.8) is 0 Å². The van der Waals surface area contributed by atoms with Crippen molar-refractivity contribution in [1.29, 1.82) is 0 Å². The first-order valence-electron chi connectivity index (χ1n) is 8.16. The van der Waals surface area contributed by atoms with Crippen molar-refractivity contribution >= 4 is 22.4 Å². The molecular weight excluding hydrogens is 284 g/mol. The third kappa shape index (κ3) is 3.32. The number of likely N-dealkylation sites (tertiary alicyclic amines) is 1. The van der Waals surface area contributed by atoms with Crippen LogP contribution in [0.15, 0.2) is 54.9 Å². The van der Waals surface area contributed by atoms with Gasteiger partial charge in [0, 0.05) is 24.3 Å². The lowest BCUT2D eigenvalue weighted by atomic mass is 10.2. The van der Waals surface area contributed by atoms with E-state index >= 15 is 0 Å². The molecule has 1 N–H and O–H groups in total. The maximum Gasteiger partial charge on any atom is 0.132 e. The molecule has 1 saturated heterocycles. The lowest BCUT2D eigenvalue weighted by Crippen LogP contribution is -2.18.